The molecule has 22 heavy (non-hydrogen) atoms. The van der Waals surface area contributed by atoms with Crippen LogP contribution in [-0.4, -0.2) is 36.0 Å². The minimum atomic E-state index is -1.00. The molecule has 0 fully saturated rings. The van der Waals surface area contributed by atoms with Gasteiger partial charge in [-0.2, -0.15) is 10.2 Å². The lowest BCUT2D eigenvalue weighted by Crippen LogP contribution is -2.45. The lowest BCUT2D eigenvalue weighted by Gasteiger charge is -2.25. The Hall–Kier alpha value is -1.98. The predicted octanol–water partition coefficient (Wildman–Crippen LogP) is 2.38. The van der Waals surface area contributed by atoms with Gasteiger partial charge in [-0.05, 0) is 26.7 Å². The van der Waals surface area contributed by atoms with E-state index in [9.17, 15) is 9.59 Å². The molecule has 0 bridgehead atoms. The molecule has 2 unspecified atom stereocenters. The van der Waals surface area contributed by atoms with Gasteiger partial charge in [-0.15, -0.1) is 13.2 Å². The Kier molecular flexibility index (Phi) is 8.30. The van der Waals surface area contributed by atoms with Crippen molar-refractivity contribution < 1.29 is 9.59 Å². The second-order valence-corrected chi connectivity index (χ2v) is 5.45. The zero-order chi connectivity index (χ0) is 17.2. The summed E-state index contributed by atoms with van der Waals surface area (Å²) < 4.78 is 0. The monoisotopic (exact) mass is 308 g/mol. The first-order valence-corrected chi connectivity index (χ1v) is 7.52. The van der Waals surface area contributed by atoms with Crippen molar-refractivity contribution in [3.63, 3.8) is 0 Å². The fourth-order valence-electron chi connectivity index (χ4n) is 1.48. The summed E-state index contributed by atoms with van der Waals surface area (Å²) in [5.74, 6) is -0.466. The van der Waals surface area contributed by atoms with Gasteiger partial charge in [0.1, 0.15) is 0 Å². The van der Waals surface area contributed by atoms with E-state index >= 15 is 0 Å². The van der Waals surface area contributed by atoms with Crippen molar-refractivity contribution in [1.82, 2.24) is 10.6 Å². The van der Waals surface area contributed by atoms with E-state index in [1.54, 1.807) is 26.0 Å². The SMILES string of the molecule is C=CCNC(=O)C(C)(CC)/N=N/C(C)(CC)C(=O)NCC=C. The van der Waals surface area contributed by atoms with Crippen molar-refractivity contribution in [3.05, 3.63) is 25.3 Å². The van der Waals surface area contributed by atoms with E-state index in [1.165, 1.54) is 0 Å². The van der Waals surface area contributed by atoms with Crippen LogP contribution in [-0.2, 0) is 9.59 Å². The third-order valence-corrected chi connectivity index (χ3v) is 3.66. The van der Waals surface area contributed by atoms with Crippen molar-refractivity contribution in [2.24, 2.45) is 10.2 Å². The number of carbonyl (C=O) groups is 2. The van der Waals surface area contributed by atoms with Crippen molar-refractivity contribution >= 4 is 11.8 Å². The van der Waals surface area contributed by atoms with Crippen LogP contribution < -0.4 is 10.6 Å². The summed E-state index contributed by atoms with van der Waals surface area (Å²) in [6, 6.07) is 0. The van der Waals surface area contributed by atoms with Gasteiger partial charge in [0.05, 0.1) is 0 Å². The molecule has 6 heteroatoms. The molecule has 0 radical (unpaired) electrons. The fraction of sp³-hybridized carbons (Fsp3) is 0.625. The van der Waals surface area contributed by atoms with E-state index in [4.69, 9.17) is 0 Å². The van der Waals surface area contributed by atoms with Crippen LogP contribution in [0.25, 0.3) is 0 Å². The maximum Gasteiger partial charge on any atom is 0.249 e. The first-order chi connectivity index (χ1) is 10.3. The number of nitrogens with zero attached hydrogens (tertiary/aromatic N) is 2. The highest BCUT2D eigenvalue weighted by Gasteiger charge is 2.35. The van der Waals surface area contributed by atoms with Gasteiger partial charge in [0, 0.05) is 13.1 Å². The molecule has 0 saturated carbocycles. The van der Waals surface area contributed by atoms with E-state index in [0.29, 0.717) is 25.9 Å². The molecular weight excluding hydrogens is 280 g/mol. The molecular formula is C16H28N4O2. The maximum atomic E-state index is 12.2. The van der Waals surface area contributed by atoms with Gasteiger partial charge < -0.3 is 10.6 Å². The molecule has 124 valence electrons. The van der Waals surface area contributed by atoms with Crippen LogP contribution in [0.3, 0.4) is 0 Å². The van der Waals surface area contributed by atoms with E-state index in [0.717, 1.165) is 0 Å². The Morgan fingerprint density at radius 3 is 1.45 bits per heavy atom. The second-order valence-electron chi connectivity index (χ2n) is 5.45. The normalized spacial score (nSPS) is 16.4. The molecule has 0 saturated heterocycles. The third kappa shape index (κ3) is 5.42. The molecule has 0 aliphatic heterocycles. The van der Waals surface area contributed by atoms with Crippen molar-refractivity contribution in [1.29, 1.82) is 0 Å². The summed E-state index contributed by atoms with van der Waals surface area (Å²) >= 11 is 0. The summed E-state index contributed by atoms with van der Waals surface area (Å²) in [5, 5.41) is 13.8. The fourth-order valence-corrected chi connectivity index (χ4v) is 1.48. The van der Waals surface area contributed by atoms with E-state index < -0.39 is 11.1 Å². The average Bonchev–Trinajstić information content (AvgIpc) is 2.54. The molecule has 0 aromatic carbocycles. The van der Waals surface area contributed by atoms with E-state index in [-0.39, 0.29) is 11.8 Å². The number of hydrogen-bond acceptors (Lipinski definition) is 4. The summed E-state index contributed by atoms with van der Waals surface area (Å²) in [4.78, 5) is 24.4. The van der Waals surface area contributed by atoms with Gasteiger partial charge in [-0.25, -0.2) is 0 Å². The number of rotatable bonds is 10. The third-order valence-electron chi connectivity index (χ3n) is 3.66. The smallest absolute Gasteiger partial charge is 0.249 e. The number of azo groups is 1. The number of carbonyl (C=O) groups excluding carboxylic acids is 2. The van der Waals surface area contributed by atoms with Gasteiger partial charge in [0.25, 0.3) is 0 Å². The lowest BCUT2D eigenvalue weighted by molar-refractivity contribution is -0.127. The van der Waals surface area contributed by atoms with Crippen LogP contribution in [0.15, 0.2) is 35.5 Å². The molecule has 6 nitrogen and oxygen atoms in total. The minimum absolute atomic E-state index is 0.233. The highest BCUT2D eigenvalue weighted by atomic mass is 16.2. The second kappa shape index (κ2) is 9.12. The summed E-state index contributed by atoms with van der Waals surface area (Å²) in [6.45, 7) is 15.0. The Labute approximate surface area is 133 Å². The predicted molar refractivity (Wildman–Crippen MR) is 88.7 cm³/mol. The van der Waals surface area contributed by atoms with Gasteiger partial charge in [-0.3, -0.25) is 9.59 Å². The molecule has 0 aliphatic rings. The minimum Gasteiger partial charge on any atom is -0.350 e. The van der Waals surface area contributed by atoms with E-state index in [2.05, 4.69) is 34.0 Å². The molecule has 2 atom stereocenters. The van der Waals surface area contributed by atoms with Crippen LogP contribution >= 0.6 is 0 Å². The molecule has 0 rings (SSSR count). The summed E-state index contributed by atoms with van der Waals surface area (Å²) in [5.41, 5.74) is -2.00. The van der Waals surface area contributed by atoms with Crippen LogP contribution in [0.5, 0.6) is 0 Å². The Morgan fingerprint density at radius 2 is 1.23 bits per heavy atom. The first-order valence-electron chi connectivity index (χ1n) is 7.52. The van der Waals surface area contributed by atoms with Crippen molar-refractivity contribution in [2.45, 2.75) is 51.6 Å². The molecule has 0 spiro atoms. The highest BCUT2D eigenvalue weighted by molar-refractivity contribution is 5.87. The zero-order valence-electron chi connectivity index (χ0n) is 14.1. The average molecular weight is 308 g/mol. The van der Waals surface area contributed by atoms with Gasteiger partial charge in [0.15, 0.2) is 11.1 Å². The zero-order valence-corrected chi connectivity index (χ0v) is 14.1. The molecule has 0 aromatic heterocycles. The standard InChI is InChI=1S/C16H28N4O2/c1-7-11-17-13(21)15(5,9-3)19-20-16(6,10-4)14(22)18-12-8-2/h7-8H,1-2,9-12H2,3-6H3,(H,17,21)(H,18,22)/b20-19+. The number of amides is 2. The quantitative estimate of drug-likeness (QED) is 0.480. The topological polar surface area (TPSA) is 82.9 Å². The number of nitrogens with one attached hydrogen (secondary N) is 2. The van der Waals surface area contributed by atoms with Crippen LogP contribution in [0.2, 0.25) is 0 Å². The summed E-state index contributed by atoms with van der Waals surface area (Å²) in [7, 11) is 0. The van der Waals surface area contributed by atoms with Crippen LogP contribution in [0.4, 0.5) is 0 Å². The van der Waals surface area contributed by atoms with Gasteiger partial charge in [-0.1, -0.05) is 26.0 Å². The van der Waals surface area contributed by atoms with Crippen LogP contribution in [0, 0.1) is 0 Å². The van der Waals surface area contributed by atoms with Crippen LogP contribution in [0.1, 0.15) is 40.5 Å². The first kappa shape index (κ1) is 20.0. The van der Waals surface area contributed by atoms with Crippen molar-refractivity contribution in [2.75, 3.05) is 13.1 Å². The lowest BCUT2D eigenvalue weighted by atomic mass is 9.97. The highest BCUT2D eigenvalue weighted by Crippen LogP contribution is 2.22. The number of hydrogen-bond donors (Lipinski definition) is 2. The van der Waals surface area contributed by atoms with Gasteiger partial charge >= 0.3 is 0 Å². The Morgan fingerprint density at radius 1 is 0.909 bits per heavy atom. The Balaban J connectivity index is 5.19. The summed E-state index contributed by atoms with van der Waals surface area (Å²) in [6.07, 6.45) is 4.16. The van der Waals surface area contributed by atoms with Gasteiger partial charge in [0.2, 0.25) is 11.8 Å². The Bertz CT molecular complexity index is 407. The maximum absolute atomic E-state index is 12.2. The molecule has 2 N–H and O–H groups in total. The molecule has 0 aromatic rings. The van der Waals surface area contributed by atoms with Crippen molar-refractivity contribution in [3.8, 4) is 0 Å². The largest absolute Gasteiger partial charge is 0.350 e. The van der Waals surface area contributed by atoms with E-state index in [1.807, 2.05) is 13.8 Å². The molecule has 2 amide bonds. The molecule has 0 aliphatic carbocycles. The molecule has 0 heterocycles.